The Morgan fingerprint density at radius 3 is 2.30 bits per heavy atom. The zero-order valence-electron chi connectivity index (χ0n) is 18.4. The molecule has 7 heteroatoms. The molecule has 1 N–H and O–H groups in total. The van der Waals surface area contributed by atoms with Gasteiger partial charge in [0.1, 0.15) is 6.04 Å². The molecular formula is C23H32N2O3S2. The van der Waals surface area contributed by atoms with Crippen LogP contribution >= 0.6 is 11.8 Å². The Bertz CT molecular complexity index is 957. The smallest absolute Gasteiger partial charge is 0.243 e. The van der Waals surface area contributed by atoms with Crippen LogP contribution in [-0.4, -0.2) is 38.9 Å². The van der Waals surface area contributed by atoms with Crippen LogP contribution in [0.15, 0.2) is 42.5 Å². The molecule has 164 valence electrons. The van der Waals surface area contributed by atoms with Crippen molar-refractivity contribution in [1.29, 1.82) is 0 Å². The molecule has 0 aliphatic rings. The number of thioether (sulfide) groups is 1. The van der Waals surface area contributed by atoms with Crippen LogP contribution in [0.5, 0.6) is 0 Å². The predicted molar refractivity (Wildman–Crippen MR) is 128 cm³/mol. The number of sulfonamides is 1. The van der Waals surface area contributed by atoms with Crippen LogP contribution in [0.25, 0.3) is 0 Å². The van der Waals surface area contributed by atoms with E-state index in [2.05, 4.69) is 36.5 Å². The van der Waals surface area contributed by atoms with Crippen LogP contribution in [0, 0.1) is 20.8 Å². The van der Waals surface area contributed by atoms with Gasteiger partial charge in [-0.15, -0.1) is 0 Å². The van der Waals surface area contributed by atoms with E-state index in [1.54, 1.807) is 17.8 Å². The van der Waals surface area contributed by atoms with Crippen molar-refractivity contribution in [1.82, 2.24) is 5.32 Å². The third-order valence-electron chi connectivity index (χ3n) is 5.01. The minimum atomic E-state index is -3.61. The van der Waals surface area contributed by atoms with Gasteiger partial charge in [0.15, 0.2) is 0 Å². The number of nitrogens with zero attached hydrogens (tertiary/aromatic N) is 1. The Morgan fingerprint density at radius 2 is 1.73 bits per heavy atom. The second-order valence-electron chi connectivity index (χ2n) is 7.58. The molecule has 0 unspecified atom stereocenters. The number of rotatable bonds is 10. The number of hydrogen-bond acceptors (Lipinski definition) is 4. The molecule has 0 heterocycles. The number of anilines is 1. The van der Waals surface area contributed by atoms with Gasteiger partial charge < -0.3 is 5.32 Å². The van der Waals surface area contributed by atoms with Gasteiger partial charge in [0.2, 0.25) is 15.9 Å². The third-order valence-corrected chi connectivity index (χ3v) is 7.22. The molecule has 0 bridgehead atoms. The minimum absolute atomic E-state index is 0.267. The van der Waals surface area contributed by atoms with Gasteiger partial charge in [-0.3, -0.25) is 9.10 Å². The number of hydrogen-bond donors (Lipinski definition) is 1. The van der Waals surface area contributed by atoms with Crippen molar-refractivity contribution in [2.75, 3.05) is 22.9 Å². The summed E-state index contributed by atoms with van der Waals surface area (Å²) in [5.74, 6) is 1.38. The van der Waals surface area contributed by atoms with Gasteiger partial charge in [0.25, 0.3) is 0 Å². The van der Waals surface area contributed by atoms with E-state index >= 15 is 0 Å². The van der Waals surface area contributed by atoms with E-state index in [0.29, 0.717) is 18.7 Å². The quantitative estimate of drug-likeness (QED) is 0.553. The van der Waals surface area contributed by atoms with Crippen LogP contribution in [0.3, 0.4) is 0 Å². The van der Waals surface area contributed by atoms with E-state index in [9.17, 15) is 13.2 Å². The molecule has 30 heavy (non-hydrogen) atoms. The topological polar surface area (TPSA) is 66.5 Å². The van der Waals surface area contributed by atoms with E-state index in [0.717, 1.165) is 28.9 Å². The second kappa shape index (κ2) is 10.9. The zero-order valence-corrected chi connectivity index (χ0v) is 20.1. The van der Waals surface area contributed by atoms with Crippen LogP contribution in [-0.2, 0) is 20.6 Å². The van der Waals surface area contributed by atoms with Gasteiger partial charge in [0, 0.05) is 18.1 Å². The number of nitrogens with one attached hydrogen (secondary N) is 1. The monoisotopic (exact) mass is 448 g/mol. The van der Waals surface area contributed by atoms with E-state index < -0.39 is 16.1 Å². The Labute approximate surface area is 185 Å². The number of carbonyl (C=O) groups is 1. The van der Waals surface area contributed by atoms with Crippen LogP contribution in [0.1, 0.15) is 35.6 Å². The lowest BCUT2D eigenvalue weighted by Gasteiger charge is -2.30. The maximum atomic E-state index is 12.8. The fourth-order valence-corrected chi connectivity index (χ4v) is 5.18. The highest BCUT2D eigenvalue weighted by atomic mass is 32.2. The Balaban J connectivity index is 1.99. The van der Waals surface area contributed by atoms with Crippen molar-refractivity contribution < 1.29 is 13.2 Å². The number of amides is 1. The molecule has 5 nitrogen and oxygen atoms in total. The highest BCUT2D eigenvalue weighted by molar-refractivity contribution is 7.98. The first-order valence-corrected chi connectivity index (χ1v) is 13.1. The first kappa shape index (κ1) is 24.3. The highest BCUT2D eigenvalue weighted by Gasteiger charge is 2.31. The molecule has 0 radical (unpaired) electrons. The number of benzene rings is 2. The number of carbonyl (C=O) groups excluding carboxylic acids is 1. The summed E-state index contributed by atoms with van der Waals surface area (Å²) in [6.45, 7) is 8.30. The van der Waals surface area contributed by atoms with Gasteiger partial charge >= 0.3 is 0 Å². The van der Waals surface area contributed by atoms with Crippen LogP contribution in [0.2, 0.25) is 0 Å². The molecule has 2 aromatic rings. The van der Waals surface area contributed by atoms with E-state index in [4.69, 9.17) is 0 Å². The average Bonchev–Trinajstić information content (AvgIpc) is 2.68. The van der Waals surface area contributed by atoms with Crippen molar-refractivity contribution in [3.63, 3.8) is 0 Å². The summed E-state index contributed by atoms with van der Waals surface area (Å²) in [5.41, 5.74) is 5.08. The van der Waals surface area contributed by atoms with Crippen LogP contribution < -0.4 is 9.62 Å². The molecule has 0 fully saturated rings. The Hall–Kier alpha value is -1.99. The highest BCUT2D eigenvalue weighted by Crippen LogP contribution is 2.25. The largest absolute Gasteiger partial charge is 0.353 e. The summed E-state index contributed by atoms with van der Waals surface area (Å²) < 4.78 is 26.3. The lowest BCUT2D eigenvalue weighted by Crippen LogP contribution is -2.49. The van der Waals surface area contributed by atoms with E-state index in [-0.39, 0.29) is 5.91 Å². The minimum Gasteiger partial charge on any atom is -0.353 e. The molecule has 0 aromatic heterocycles. The fourth-order valence-electron chi connectivity index (χ4n) is 3.16. The van der Waals surface area contributed by atoms with Gasteiger partial charge in [0.05, 0.1) is 11.9 Å². The molecule has 0 saturated carbocycles. The second-order valence-corrected chi connectivity index (χ2v) is 10.5. The number of aryl methyl sites for hydroxylation is 3. The molecule has 1 amide bonds. The maximum absolute atomic E-state index is 12.8. The van der Waals surface area contributed by atoms with Crippen molar-refractivity contribution in [3.8, 4) is 0 Å². The summed E-state index contributed by atoms with van der Waals surface area (Å²) in [4.78, 5) is 12.8. The Kier molecular flexibility index (Phi) is 8.79. The van der Waals surface area contributed by atoms with Crippen molar-refractivity contribution in [3.05, 3.63) is 64.7 Å². The van der Waals surface area contributed by atoms with Gasteiger partial charge in [-0.05, 0) is 56.0 Å². The average molecular weight is 449 g/mol. The molecule has 2 rings (SSSR count). The van der Waals surface area contributed by atoms with Crippen molar-refractivity contribution >= 4 is 33.4 Å². The molecule has 1 atom stereocenters. The maximum Gasteiger partial charge on any atom is 0.243 e. The molecular weight excluding hydrogens is 416 g/mol. The zero-order chi connectivity index (χ0) is 22.3. The summed E-state index contributed by atoms with van der Waals surface area (Å²) in [5, 5.41) is 2.91. The van der Waals surface area contributed by atoms with Gasteiger partial charge in [-0.25, -0.2) is 8.42 Å². The predicted octanol–water partition coefficient (Wildman–Crippen LogP) is 4.21. The molecule has 0 spiro atoms. The van der Waals surface area contributed by atoms with Gasteiger partial charge in [-0.1, -0.05) is 42.8 Å². The first-order chi connectivity index (χ1) is 14.1. The lowest BCUT2D eigenvalue weighted by molar-refractivity contribution is -0.122. The summed E-state index contributed by atoms with van der Waals surface area (Å²) in [6.07, 6.45) is 1.54. The van der Waals surface area contributed by atoms with Crippen molar-refractivity contribution in [2.24, 2.45) is 0 Å². The van der Waals surface area contributed by atoms with Crippen LogP contribution in [0.4, 0.5) is 5.69 Å². The fraction of sp³-hybridized carbons (Fsp3) is 0.435. The first-order valence-electron chi connectivity index (χ1n) is 10.1. The standard InChI is InChI=1S/C23H32N2O3S2/c1-6-22(25(30(5,27)28)21-12-9-18(3)19(4)15-21)23(26)24-13-14-29-16-20-10-7-17(2)8-11-20/h7-12,15,22H,6,13-14,16H2,1-5H3,(H,24,26)/t22-/m1/s1. The summed E-state index contributed by atoms with van der Waals surface area (Å²) in [7, 11) is -3.61. The summed E-state index contributed by atoms with van der Waals surface area (Å²) in [6, 6.07) is 13.1. The SMILES string of the molecule is CC[C@H](C(=O)NCCSCc1ccc(C)cc1)N(c1ccc(C)c(C)c1)S(C)(=O)=O. The normalized spacial score (nSPS) is 12.4. The molecule has 0 aliphatic carbocycles. The van der Waals surface area contributed by atoms with E-state index in [1.165, 1.54) is 15.4 Å². The summed E-state index contributed by atoms with van der Waals surface area (Å²) >= 11 is 1.74. The third kappa shape index (κ3) is 6.77. The Morgan fingerprint density at radius 1 is 1.07 bits per heavy atom. The molecule has 0 aliphatic heterocycles. The molecule has 0 saturated heterocycles. The molecule has 2 aromatic carbocycles. The van der Waals surface area contributed by atoms with Gasteiger partial charge in [-0.2, -0.15) is 11.8 Å². The van der Waals surface area contributed by atoms with E-state index in [1.807, 2.05) is 32.9 Å². The lowest BCUT2D eigenvalue weighted by atomic mass is 10.1. The van der Waals surface area contributed by atoms with Crippen molar-refractivity contribution in [2.45, 2.75) is 45.9 Å².